The molecule has 2 N–H and O–H groups in total. The third-order valence-electron chi connectivity index (χ3n) is 4.89. The van der Waals surface area contributed by atoms with Crippen molar-refractivity contribution in [1.82, 2.24) is 10.6 Å². The number of ether oxygens (including phenoxy) is 4. The zero-order valence-corrected chi connectivity index (χ0v) is 22.7. The van der Waals surface area contributed by atoms with Crippen molar-refractivity contribution in [3.8, 4) is 17.2 Å². The predicted octanol–water partition coefficient (Wildman–Crippen LogP) is 4.28. The van der Waals surface area contributed by atoms with Crippen LogP contribution in [-0.2, 0) is 17.8 Å². The second kappa shape index (κ2) is 16.4. The maximum atomic E-state index is 5.83. The second-order valence-corrected chi connectivity index (χ2v) is 7.50. The first kappa shape index (κ1) is 28.8. The molecule has 7 nitrogen and oxygen atoms in total. The molecule has 0 saturated heterocycles. The van der Waals surface area contributed by atoms with Gasteiger partial charge in [-0.3, -0.25) is 4.99 Å². The van der Waals surface area contributed by atoms with Gasteiger partial charge in [0, 0.05) is 25.2 Å². The first-order valence-corrected chi connectivity index (χ1v) is 11.0. The lowest BCUT2D eigenvalue weighted by Gasteiger charge is -2.17. The summed E-state index contributed by atoms with van der Waals surface area (Å²) in [6.07, 6.45) is 0.754. The molecule has 0 bridgehead atoms. The van der Waals surface area contributed by atoms with Crippen molar-refractivity contribution in [2.45, 2.75) is 26.9 Å². The average Bonchev–Trinajstić information content (AvgIpc) is 2.82. The summed E-state index contributed by atoms with van der Waals surface area (Å²) in [5.74, 6) is 3.07. The van der Waals surface area contributed by atoms with Crippen LogP contribution in [0.5, 0.6) is 17.2 Å². The van der Waals surface area contributed by atoms with Crippen molar-refractivity contribution in [2.24, 2.45) is 10.9 Å². The fourth-order valence-electron chi connectivity index (χ4n) is 3.27. The van der Waals surface area contributed by atoms with E-state index in [2.05, 4.69) is 36.6 Å². The Kier molecular flexibility index (Phi) is 14.3. The summed E-state index contributed by atoms with van der Waals surface area (Å²) in [4.78, 5) is 4.71. The van der Waals surface area contributed by atoms with Crippen LogP contribution in [0.15, 0.2) is 47.5 Å². The molecule has 2 aromatic carbocycles. The predicted molar refractivity (Wildman–Crippen MR) is 144 cm³/mol. The van der Waals surface area contributed by atoms with E-state index >= 15 is 0 Å². The van der Waals surface area contributed by atoms with Gasteiger partial charge >= 0.3 is 0 Å². The van der Waals surface area contributed by atoms with E-state index in [1.54, 1.807) is 21.3 Å². The molecule has 0 amide bonds. The van der Waals surface area contributed by atoms with Crippen molar-refractivity contribution in [2.75, 3.05) is 47.6 Å². The zero-order valence-electron chi connectivity index (χ0n) is 20.3. The standard InChI is InChI=1S/C25H37N3O4.HI/c1-6-26-25(28-16-19(2)17-32-18-20-10-8-7-9-11-20)27-15-14-21-12-13-22(29-3)24(31-5)23(21)30-4;/h7-13,19H,6,14-18H2,1-5H3,(H2,26,27,28);1H. The van der Waals surface area contributed by atoms with E-state index in [9.17, 15) is 0 Å². The molecule has 0 spiro atoms. The van der Waals surface area contributed by atoms with Gasteiger partial charge in [-0.25, -0.2) is 0 Å². The summed E-state index contributed by atoms with van der Waals surface area (Å²) in [6, 6.07) is 14.1. The monoisotopic (exact) mass is 571 g/mol. The molecule has 0 aliphatic carbocycles. The number of hydrogen-bond acceptors (Lipinski definition) is 5. The molecule has 1 atom stereocenters. The number of hydrogen-bond donors (Lipinski definition) is 2. The van der Waals surface area contributed by atoms with E-state index in [0.717, 1.165) is 24.5 Å². The maximum absolute atomic E-state index is 5.83. The number of guanidine groups is 1. The largest absolute Gasteiger partial charge is 0.493 e. The highest BCUT2D eigenvalue weighted by atomic mass is 127. The van der Waals surface area contributed by atoms with Gasteiger partial charge in [-0.15, -0.1) is 24.0 Å². The molecule has 8 heteroatoms. The third kappa shape index (κ3) is 9.67. The fraction of sp³-hybridized carbons (Fsp3) is 0.480. The van der Waals surface area contributed by atoms with E-state index in [1.807, 2.05) is 30.3 Å². The summed E-state index contributed by atoms with van der Waals surface area (Å²) < 4.78 is 22.2. The highest BCUT2D eigenvalue weighted by molar-refractivity contribution is 14.0. The Labute approximate surface area is 215 Å². The summed E-state index contributed by atoms with van der Waals surface area (Å²) in [6.45, 7) is 7.68. The van der Waals surface area contributed by atoms with Crippen molar-refractivity contribution in [3.63, 3.8) is 0 Å². The lowest BCUT2D eigenvalue weighted by atomic mass is 10.1. The molecule has 2 rings (SSSR count). The normalized spacial score (nSPS) is 11.8. The van der Waals surface area contributed by atoms with Gasteiger partial charge in [-0.05, 0) is 30.9 Å². The van der Waals surface area contributed by atoms with Crippen molar-refractivity contribution >= 4 is 29.9 Å². The Morgan fingerprint density at radius 1 is 0.939 bits per heavy atom. The zero-order chi connectivity index (χ0) is 23.2. The van der Waals surface area contributed by atoms with Crippen molar-refractivity contribution in [1.29, 1.82) is 0 Å². The van der Waals surface area contributed by atoms with Crippen LogP contribution in [-0.4, -0.2) is 53.5 Å². The van der Waals surface area contributed by atoms with Crippen molar-refractivity contribution in [3.05, 3.63) is 53.6 Å². The quantitative estimate of drug-likeness (QED) is 0.213. The van der Waals surface area contributed by atoms with Gasteiger partial charge in [-0.2, -0.15) is 0 Å². The Hall–Kier alpha value is -2.20. The van der Waals surface area contributed by atoms with E-state index < -0.39 is 0 Å². The van der Waals surface area contributed by atoms with Gasteiger partial charge in [0.25, 0.3) is 0 Å². The summed E-state index contributed by atoms with van der Waals surface area (Å²) >= 11 is 0. The van der Waals surface area contributed by atoms with Crippen LogP contribution in [0.2, 0.25) is 0 Å². The minimum atomic E-state index is 0. The van der Waals surface area contributed by atoms with Gasteiger partial charge in [0.1, 0.15) is 0 Å². The topological polar surface area (TPSA) is 73.3 Å². The van der Waals surface area contributed by atoms with Crippen LogP contribution in [0.1, 0.15) is 25.0 Å². The Balaban J connectivity index is 0.00000544. The Bertz CT molecular complexity index is 834. The van der Waals surface area contributed by atoms with Gasteiger partial charge in [0.15, 0.2) is 17.5 Å². The molecular weight excluding hydrogens is 533 g/mol. The maximum Gasteiger partial charge on any atom is 0.203 e. The second-order valence-electron chi connectivity index (χ2n) is 7.50. The smallest absolute Gasteiger partial charge is 0.203 e. The minimum absolute atomic E-state index is 0. The van der Waals surface area contributed by atoms with Crippen LogP contribution < -0.4 is 24.8 Å². The highest BCUT2D eigenvalue weighted by Gasteiger charge is 2.15. The van der Waals surface area contributed by atoms with E-state index in [4.69, 9.17) is 23.9 Å². The number of nitrogens with zero attached hydrogens (tertiary/aromatic N) is 1. The molecule has 0 aliphatic heterocycles. The molecule has 0 fully saturated rings. The minimum Gasteiger partial charge on any atom is -0.493 e. The van der Waals surface area contributed by atoms with Gasteiger partial charge in [0.05, 0.1) is 34.5 Å². The van der Waals surface area contributed by atoms with Gasteiger partial charge in [0.2, 0.25) is 5.75 Å². The molecule has 0 radical (unpaired) electrons. The number of methoxy groups -OCH3 is 3. The van der Waals surface area contributed by atoms with E-state index in [-0.39, 0.29) is 24.0 Å². The van der Waals surface area contributed by atoms with Crippen LogP contribution in [0.25, 0.3) is 0 Å². The van der Waals surface area contributed by atoms with Crippen LogP contribution in [0.3, 0.4) is 0 Å². The van der Waals surface area contributed by atoms with Crippen LogP contribution >= 0.6 is 24.0 Å². The molecule has 2 aromatic rings. The van der Waals surface area contributed by atoms with Gasteiger partial charge < -0.3 is 29.6 Å². The first-order chi connectivity index (χ1) is 15.6. The lowest BCUT2D eigenvalue weighted by Crippen LogP contribution is -2.38. The third-order valence-corrected chi connectivity index (χ3v) is 4.89. The van der Waals surface area contributed by atoms with E-state index in [0.29, 0.717) is 49.5 Å². The van der Waals surface area contributed by atoms with Crippen LogP contribution in [0.4, 0.5) is 0 Å². The molecular formula is C25H38IN3O4. The first-order valence-electron chi connectivity index (χ1n) is 11.0. The highest BCUT2D eigenvalue weighted by Crippen LogP contribution is 2.39. The lowest BCUT2D eigenvalue weighted by molar-refractivity contribution is 0.0945. The average molecular weight is 572 g/mol. The Morgan fingerprint density at radius 3 is 2.30 bits per heavy atom. The molecule has 0 saturated carbocycles. The Morgan fingerprint density at radius 2 is 1.67 bits per heavy atom. The summed E-state index contributed by atoms with van der Waals surface area (Å²) in [5.41, 5.74) is 2.22. The molecule has 0 aromatic heterocycles. The molecule has 0 aliphatic rings. The molecule has 0 heterocycles. The molecule has 1 unspecified atom stereocenters. The number of halogens is 1. The molecule has 184 valence electrons. The fourth-order valence-corrected chi connectivity index (χ4v) is 3.27. The summed E-state index contributed by atoms with van der Waals surface area (Å²) in [7, 11) is 4.87. The van der Waals surface area contributed by atoms with Gasteiger partial charge in [-0.1, -0.05) is 43.3 Å². The van der Waals surface area contributed by atoms with E-state index in [1.165, 1.54) is 5.56 Å². The summed E-state index contributed by atoms with van der Waals surface area (Å²) in [5, 5.41) is 6.69. The number of nitrogens with one attached hydrogen (secondary N) is 2. The number of benzene rings is 2. The van der Waals surface area contributed by atoms with Crippen LogP contribution in [0, 0.1) is 5.92 Å². The number of rotatable bonds is 13. The molecule has 33 heavy (non-hydrogen) atoms. The SMILES string of the molecule is CCNC(=NCC(C)COCc1ccccc1)NCCc1ccc(OC)c(OC)c1OC.I. The number of aliphatic imine (C=N–C) groups is 1. The van der Waals surface area contributed by atoms with Crippen molar-refractivity contribution < 1.29 is 18.9 Å².